The number of aliphatic hydroxyl groups excluding tert-OH is 1. The zero-order valence-corrected chi connectivity index (χ0v) is 12.4. The molecule has 2 N–H and O–H groups in total. The van der Waals surface area contributed by atoms with Crippen molar-refractivity contribution in [3.05, 3.63) is 29.8 Å². The molecule has 0 saturated heterocycles. The molecular weight excluding hydrogens is 272 g/mol. The number of thioether (sulfide) groups is 1. The van der Waals surface area contributed by atoms with Crippen LogP contribution in [0.1, 0.15) is 18.4 Å². The Labute approximate surface area is 124 Å². The van der Waals surface area contributed by atoms with Gasteiger partial charge in [0.1, 0.15) is 18.5 Å². The molecule has 1 aromatic rings. The van der Waals surface area contributed by atoms with Crippen molar-refractivity contribution in [3.8, 4) is 11.8 Å². The first-order valence-corrected chi connectivity index (χ1v) is 7.97. The van der Waals surface area contributed by atoms with Crippen LogP contribution in [-0.4, -0.2) is 41.9 Å². The third-order valence-corrected chi connectivity index (χ3v) is 4.91. The van der Waals surface area contributed by atoms with Crippen molar-refractivity contribution in [2.75, 3.05) is 26.0 Å². The van der Waals surface area contributed by atoms with E-state index in [0.29, 0.717) is 22.6 Å². The van der Waals surface area contributed by atoms with E-state index in [0.717, 1.165) is 6.54 Å². The van der Waals surface area contributed by atoms with Crippen LogP contribution in [0.5, 0.6) is 5.75 Å². The topological polar surface area (TPSA) is 65.3 Å². The first-order valence-electron chi connectivity index (χ1n) is 6.74. The molecule has 108 valence electrons. The van der Waals surface area contributed by atoms with Crippen LogP contribution >= 0.6 is 11.8 Å². The summed E-state index contributed by atoms with van der Waals surface area (Å²) in [6.45, 7) is 1.74. The molecular formula is C15H20N2O2S. The molecule has 0 spiro atoms. The molecule has 1 saturated carbocycles. The highest BCUT2D eigenvalue weighted by molar-refractivity contribution is 8.00. The van der Waals surface area contributed by atoms with Gasteiger partial charge in [0.15, 0.2) is 0 Å². The Balaban J connectivity index is 1.64. The minimum atomic E-state index is -0.525. The zero-order valence-electron chi connectivity index (χ0n) is 11.6. The summed E-state index contributed by atoms with van der Waals surface area (Å²) >= 11 is 1.90. The van der Waals surface area contributed by atoms with Crippen molar-refractivity contribution >= 4 is 11.8 Å². The van der Waals surface area contributed by atoms with Crippen LogP contribution in [0.15, 0.2) is 24.3 Å². The summed E-state index contributed by atoms with van der Waals surface area (Å²) < 4.78 is 5.90. The van der Waals surface area contributed by atoms with Gasteiger partial charge in [-0.25, -0.2) is 0 Å². The Morgan fingerprint density at radius 2 is 2.15 bits per heavy atom. The third kappa shape index (κ3) is 4.41. The van der Waals surface area contributed by atoms with E-state index in [1.54, 1.807) is 24.3 Å². The molecule has 1 unspecified atom stereocenters. The van der Waals surface area contributed by atoms with Crippen LogP contribution in [0, 0.1) is 11.3 Å². The molecule has 0 radical (unpaired) electrons. The second-order valence-electron chi connectivity index (χ2n) is 5.12. The fourth-order valence-corrected chi connectivity index (χ4v) is 2.69. The SMILES string of the molecule is CSC1(CNCC(O)COc2ccc(C#N)cc2)CC1. The molecule has 0 heterocycles. The monoisotopic (exact) mass is 292 g/mol. The highest BCUT2D eigenvalue weighted by atomic mass is 32.2. The van der Waals surface area contributed by atoms with Gasteiger partial charge in [-0.05, 0) is 43.4 Å². The predicted molar refractivity (Wildman–Crippen MR) is 81.0 cm³/mol. The van der Waals surface area contributed by atoms with E-state index in [4.69, 9.17) is 10.00 Å². The molecule has 5 heteroatoms. The number of nitriles is 1. The van der Waals surface area contributed by atoms with Gasteiger partial charge in [0.25, 0.3) is 0 Å². The third-order valence-electron chi connectivity index (χ3n) is 3.49. The first-order chi connectivity index (χ1) is 9.67. The van der Waals surface area contributed by atoms with E-state index >= 15 is 0 Å². The fourth-order valence-electron chi connectivity index (χ4n) is 1.94. The minimum absolute atomic E-state index is 0.255. The van der Waals surface area contributed by atoms with Gasteiger partial charge in [-0.1, -0.05) is 0 Å². The normalized spacial score (nSPS) is 17.2. The number of rotatable bonds is 8. The number of aliphatic hydroxyl groups is 1. The average molecular weight is 292 g/mol. The number of hydrogen-bond donors (Lipinski definition) is 2. The van der Waals surface area contributed by atoms with E-state index < -0.39 is 6.10 Å². The van der Waals surface area contributed by atoms with Crippen LogP contribution in [0.3, 0.4) is 0 Å². The highest BCUT2D eigenvalue weighted by Gasteiger charge is 2.41. The molecule has 1 aliphatic carbocycles. The van der Waals surface area contributed by atoms with Crippen LogP contribution in [-0.2, 0) is 0 Å². The molecule has 1 atom stereocenters. The molecule has 20 heavy (non-hydrogen) atoms. The zero-order chi connectivity index (χ0) is 14.4. The van der Waals surface area contributed by atoms with Crippen molar-refractivity contribution < 1.29 is 9.84 Å². The second kappa shape index (κ2) is 6.98. The Kier molecular flexibility index (Phi) is 5.30. The van der Waals surface area contributed by atoms with Crippen molar-refractivity contribution in [1.82, 2.24) is 5.32 Å². The highest BCUT2D eigenvalue weighted by Crippen LogP contribution is 2.46. The second-order valence-corrected chi connectivity index (χ2v) is 6.39. The number of benzene rings is 1. The quantitative estimate of drug-likeness (QED) is 0.764. The lowest BCUT2D eigenvalue weighted by Gasteiger charge is -2.16. The molecule has 1 fully saturated rings. The number of nitrogens with zero attached hydrogens (tertiary/aromatic N) is 1. The molecule has 1 aromatic carbocycles. The number of nitrogens with one attached hydrogen (secondary N) is 1. The minimum Gasteiger partial charge on any atom is -0.491 e. The van der Waals surface area contributed by atoms with Gasteiger partial charge in [0, 0.05) is 17.8 Å². The van der Waals surface area contributed by atoms with Crippen molar-refractivity contribution in [2.45, 2.75) is 23.7 Å². The lowest BCUT2D eigenvalue weighted by atomic mass is 10.2. The molecule has 4 nitrogen and oxygen atoms in total. The van der Waals surface area contributed by atoms with Crippen LogP contribution in [0.4, 0.5) is 0 Å². The van der Waals surface area contributed by atoms with Gasteiger partial charge in [-0.3, -0.25) is 0 Å². The van der Waals surface area contributed by atoms with Gasteiger partial charge in [0.05, 0.1) is 11.6 Å². The summed E-state index contributed by atoms with van der Waals surface area (Å²) in [5.74, 6) is 0.672. The smallest absolute Gasteiger partial charge is 0.119 e. The maximum absolute atomic E-state index is 9.85. The van der Waals surface area contributed by atoms with Crippen molar-refractivity contribution in [3.63, 3.8) is 0 Å². The molecule has 0 amide bonds. The standard InChI is InChI=1S/C15H20N2O2S/c1-20-15(6-7-15)11-17-9-13(18)10-19-14-4-2-12(8-16)3-5-14/h2-5,13,17-18H,6-7,9-11H2,1H3. The Hall–Kier alpha value is -1.22. The lowest BCUT2D eigenvalue weighted by molar-refractivity contribution is 0.106. The summed E-state index contributed by atoms with van der Waals surface area (Å²) in [5.41, 5.74) is 0.603. The van der Waals surface area contributed by atoms with Gasteiger partial charge in [-0.2, -0.15) is 17.0 Å². The Bertz CT molecular complexity index is 466. The van der Waals surface area contributed by atoms with Crippen LogP contribution < -0.4 is 10.1 Å². The Morgan fingerprint density at radius 3 is 2.70 bits per heavy atom. The van der Waals surface area contributed by atoms with Gasteiger partial charge < -0.3 is 15.2 Å². The summed E-state index contributed by atoms with van der Waals surface area (Å²) in [4.78, 5) is 0. The van der Waals surface area contributed by atoms with E-state index in [9.17, 15) is 5.11 Å². The fraction of sp³-hybridized carbons (Fsp3) is 0.533. The maximum atomic E-state index is 9.85. The van der Waals surface area contributed by atoms with E-state index in [-0.39, 0.29) is 6.61 Å². The largest absolute Gasteiger partial charge is 0.491 e. The van der Waals surface area contributed by atoms with Gasteiger partial charge >= 0.3 is 0 Å². The van der Waals surface area contributed by atoms with Crippen molar-refractivity contribution in [2.24, 2.45) is 0 Å². The predicted octanol–water partition coefficient (Wildman–Crippen LogP) is 1.78. The number of ether oxygens (including phenoxy) is 1. The van der Waals surface area contributed by atoms with E-state index in [1.807, 2.05) is 11.8 Å². The maximum Gasteiger partial charge on any atom is 0.119 e. The molecule has 0 aromatic heterocycles. The molecule has 1 aliphatic rings. The van der Waals surface area contributed by atoms with Gasteiger partial charge in [-0.15, -0.1) is 0 Å². The van der Waals surface area contributed by atoms with E-state index in [1.165, 1.54) is 12.8 Å². The van der Waals surface area contributed by atoms with Crippen LogP contribution in [0.2, 0.25) is 0 Å². The lowest BCUT2D eigenvalue weighted by Crippen LogP contribution is -2.35. The van der Waals surface area contributed by atoms with Crippen LogP contribution in [0.25, 0.3) is 0 Å². The number of hydrogen-bond acceptors (Lipinski definition) is 5. The molecule has 0 bridgehead atoms. The average Bonchev–Trinajstić information content (AvgIpc) is 3.26. The summed E-state index contributed by atoms with van der Waals surface area (Å²) in [7, 11) is 0. The summed E-state index contributed by atoms with van der Waals surface area (Å²) in [5, 5.41) is 21.8. The van der Waals surface area contributed by atoms with Crippen molar-refractivity contribution in [1.29, 1.82) is 5.26 Å². The summed E-state index contributed by atoms with van der Waals surface area (Å²) in [6.07, 6.45) is 4.14. The van der Waals surface area contributed by atoms with Gasteiger partial charge in [0.2, 0.25) is 0 Å². The molecule has 2 rings (SSSR count). The first kappa shape index (κ1) is 15.2. The Morgan fingerprint density at radius 1 is 1.45 bits per heavy atom. The van der Waals surface area contributed by atoms with E-state index in [2.05, 4.69) is 17.6 Å². The summed E-state index contributed by atoms with van der Waals surface area (Å²) in [6, 6.07) is 8.95. The molecule has 0 aliphatic heterocycles.